The van der Waals surface area contributed by atoms with Crippen LogP contribution in [0.25, 0.3) is 0 Å². The number of rotatable bonds is 0. The first-order valence-electron chi connectivity index (χ1n) is 3.79. The quantitative estimate of drug-likeness (QED) is 0.297. The average molecular weight is 116 g/mol. The summed E-state index contributed by atoms with van der Waals surface area (Å²) in [5.41, 5.74) is 0. The van der Waals surface area contributed by atoms with E-state index < -0.39 is 0 Å². The zero-order chi connectivity index (χ0) is 5.40. The summed E-state index contributed by atoms with van der Waals surface area (Å²) in [5, 5.41) is 0. The molecule has 2 bridgehead atoms. The van der Waals surface area contributed by atoms with Crippen LogP contribution in [0.1, 0.15) is 38.5 Å². The van der Waals surface area contributed by atoms with Crippen LogP contribution < -0.4 is 18.9 Å². The van der Waals surface area contributed by atoms with E-state index in [0.717, 1.165) is 5.92 Å². The molecule has 0 radical (unpaired) electrons. The van der Waals surface area contributed by atoms with E-state index >= 15 is 0 Å². The van der Waals surface area contributed by atoms with Gasteiger partial charge in [-0.05, 0) is 0 Å². The second kappa shape index (κ2) is 3.13. The van der Waals surface area contributed by atoms with Crippen molar-refractivity contribution in [2.75, 3.05) is 0 Å². The molecule has 0 aromatic carbocycles. The zero-order valence-electron chi connectivity index (χ0n) is 6.32. The monoisotopic (exact) mass is 116 g/mol. The Morgan fingerprint density at radius 1 is 1.11 bits per heavy atom. The molecule has 0 N–H and O–H groups in total. The predicted octanol–water partition coefficient (Wildman–Crippen LogP) is -0.451. The summed E-state index contributed by atoms with van der Waals surface area (Å²) in [5.74, 6) is 3.00. The smallest absolute Gasteiger partial charge is 0.313 e. The molecule has 9 heavy (non-hydrogen) atoms. The van der Waals surface area contributed by atoms with E-state index in [1.165, 1.54) is 38.5 Å². The molecule has 1 unspecified atom stereocenters. The van der Waals surface area contributed by atoms with Crippen LogP contribution in [-0.4, -0.2) is 0 Å². The van der Waals surface area contributed by atoms with Crippen LogP contribution in [0.4, 0.5) is 0 Å². The molecule has 1 atom stereocenters. The van der Waals surface area contributed by atoms with Crippen LogP contribution in [-0.2, 0) is 0 Å². The van der Waals surface area contributed by atoms with E-state index in [1.807, 2.05) is 5.92 Å². The third kappa shape index (κ3) is 1.54. The van der Waals surface area contributed by atoms with Crippen molar-refractivity contribution in [3.8, 4) is 0 Å². The van der Waals surface area contributed by atoms with Crippen molar-refractivity contribution in [2.45, 2.75) is 38.5 Å². The number of hydrogen-bond donors (Lipinski definition) is 0. The Morgan fingerprint density at radius 2 is 2.00 bits per heavy atom. The molecule has 0 saturated heterocycles. The van der Waals surface area contributed by atoms with E-state index in [-0.39, 0.29) is 18.9 Å². The molecule has 46 valence electrons. The molecule has 0 heterocycles. The minimum Gasteiger partial charge on any atom is -0.313 e. The van der Waals surface area contributed by atoms with Crippen LogP contribution in [0.15, 0.2) is 0 Å². The Kier molecular flexibility index (Phi) is 2.68. The Hall–Kier alpha value is 0.597. The largest absolute Gasteiger partial charge is 1.00 e. The standard InChI is InChI=1S/C8H13.Li/c1-2-7-4-5-8(3-1)6-7;/h7H,1-6H2;/q-1;+1. The van der Waals surface area contributed by atoms with Crippen molar-refractivity contribution < 1.29 is 18.9 Å². The average Bonchev–Trinajstić information content (AvgIpc) is 2.12. The van der Waals surface area contributed by atoms with Crippen molar-refractivity contribution in [1.29, 1.82) is 0 Å². The fraction of sp³-hybridized carbons (Fsp3) is 0.875. The first kappa shape index (κ1) is 7.70. The van der Waals surface area contributed by atoms with Crippen LogP contribution in [0, 0.1) is 11.8 Å². The molecular formula is C8H13Li. The van der Waals surface area contributed by atoms with Crippen LogP contribution in [0.2, 0.25) is 0 Å². The zero-order valence-corrected chi connectivity index (χ0v) is 6.32. The SMILES string of the molecule is C1C[C-]2CCC(C1)C2.[Li+]. The number of fused-ring (bicyclic) bond motifs is 2. The molecule has 0 aliphatic heterocycles. The minimum atomic E-state index is 0. The molecule has 0 aromatic rings. The summed E-state index contributed by atoms with van der Waals surface area (Å²) < 4.78 is 0. The van der Waals surface area contributed by atoms with Gasteiger partial charge in [0, 0.05) is 0 Å². The van der Waals surface area contributed by atoms with Gasteiger partial charge in [-0.25, -0.2) is 0 Å². The molecule has 0 aromatic heterocycles. The Bertz CT molecular complexity index is 76.6. The third-order valence-corrected chi connectivity index (χ3v) is 2.63. The maximum Gasteiger partial charge on any atom is 1.00 e. The molecule has 2 fully saturated rings. The van der Waals surface area contributed by atoms with Gasteiger partial charge >= 0.3 is 18.9 Å². The summed E-state index contributed by atoms with van der Waals surface area (Å²) in [6.45, 7) is 0. The summed E-state index contributed by atoms with van der Waals surface area (Å²) in [7, 11) is 0. The van der Waals surface area contributed by atoms with Gasteiger partial charge in [0.15, 0.2) is 0 Å². The van der Waals surface area contributed by atoms with Crippen molar-refractivity contribution in [1.82, 2.24) is 0 Å². The molecule has 0 nitrogen and oxygen atoms in total. The van der Waals surface area contributed by atoms with Gasteiger partial charge in [0.1, 0.15) is 0 Å². The fourth-order valence-electron chi connectivity index (χ4n) is 2.13. The summed E-state index contributed by atoms with van der Waals surface area (Å²) in [6.07, 6.45) is 9.00. The van der Waals surface area contributed by atoms with E-state index in [2.05, 4.69) is 0 Å². The maximum absolute atomic E-state index is 1.88. The van der Waals surface area contributed by atoms with Crippen molar-refractivity contribution in [2.24, 2.45) is 5.92 Å². The molecular weight excluding hydrogens is 103 g/mol. The van der Waals surface area contributed by atoms with Gasteiger partial charge in [0.05, 0.1) is 0 Å². The van der Waals surface area contributed by atoms with E-state index in [1.54, 1.807) is 0 Å². The number of hydrogen-bond acceptors (Lipinski definition) is 0. The molecule has 2 aliphatic rings. The fourth-order valence-corrected chi connectivity index (χ4v) is 2.13. The van der Waals surface area contributed by atoms with Gasteiger partial charge in [0.25, 0.3) is 0 Å². The van der Waals surface area contributed by atoms with E-state index in [0.29, 0.717) is 0 Å². The third-order valence-electron chi connectivity index (χ3n) is 2.63. The van der Waals surface area contributed by atoms with Crippen LogP contribution in [0.3, 0.4) is 0 Å². The Morgan fingerprint density at radius 3 is 2.67 bits per heavy atom. The molecule has 2 rings (SSSR count). The molecule has 0 amide bonds. The predicted molar refractivity (Wildman–Crippen MR) is 34.4 cm³/mol. The van der Waals surface area contributed by atoms with Crippen molar-refractivity contribution in [3.05, 3.63) is 5.92 Å². The first-order valence-corrected chi connectivity index (χ1v) is 3.79. The first-order chi connectivity index (χ1) is 3.95. The van der Waals surface area contributed by atoms with Gasteiger partial charge < -0.3 is 5.92 Å². The van der Waals surface area contributed by atoms with Gasteiger partial charge in [-0.3, -0.25) is 0 Å². The summed E-state index contributed by atoms with van der Waals surface area (Å²) in [6, 6.07) is 0. The van der Waals surface area contributed by atoms with E-state index in [9.17, 15) is 0 Å². The second-order valence-electron chi connectivity index (χ2n) is 3.25. The van der Waals surface area contributed by atoms with Crippen LogP contribution >= 0.6 is 0 Å². The van der Waals surface area contributed by atoms with Crippen molar-refractivity contribution >= 4 is 0 Å². The molecule has 1 heteroatoms. The Labute approximate surface area is 69.6 Å². The topological polar surface area (TPSA) is 0 Å². The van der Waals surface area contributed by atoms with Gasteiger partial charge in [-0.1, -0.05) is 25.2 Å². The van der Waals surface area contributed by atoms with Gasteiger partial charge in [-0.15, -0.1) is 0 Å². The Balaban J connectivity index is 0.000000405. The van der Waals surface area contributed by atoms with Gasteiger partial charge in [-0.2, -0.15) is 19.3 Å². The van der Waals surface area contributed by atoms with Crippen molar-refractivity contribution in [3.63, 3.8) is 0 Å². The summed E-state index contributed by atoms with van der Waals surface area (Å²) >= 11 is 0. The maximum atomic E-state index is 1.88. The second-order valence-corrected chi connectivity index (χ2v) is 3.25. The molecule has 0 spiro atoms. The van der Waals surface area contributed by atoms with Crippen LogP contribution in [0.5, 0.6) is 0 Å². The molecule has 2 aliphatic carbocycles. The normalized spacial score (nSPS) is 34.0. The minimum absolute atomic E-state index is 0. The van der Waals surface area contributed by atoms with Gasteiger partial charge in [0.2, 0.25) is 0 Å². The molecule has 2 saturated carbocycles. The van der Waals surface area contributed by atoms with E-state index in [4.69, 9.17) is 0 Å². The summed E-state index contributed by atoms with van der Waals surface area (Å²) in [4.78, 5) is 0.